The van der Waals surface area contributed by atoms with Crippen LogP contribution >= 0.6 is 15.9 Å². The fraction of sp³-hybridized carbons (Fsp3) is 0.105. The molecule has 1 N–H and O–H groups in total. The summed E-state index contributed by atoms with van der Waals surface area (Å²) in [5.74, 6) is -0.550. The molecule has 0 bridgehead atoms. The minimum atomic E-state index is -0.499. The predicted molar refractivity (Wildman–Crippen MR) is 100 cm³/mol. The van der Waals surface area contributed by atoms with Crippen LogP contribution < -0.4 is 10.1 Å². The van der Waals surface area contributed by atoms with Gasteiger partial charge in [-0.25, -0.2) is 4.79 Å². The zero-order valence-corrected chi connectivity index (χ0v) is 15.4. The van der Waals surface area contributed by atoms with Crippen molar-refractivity contribution in [2.45, 2.75) is 0 Å². The van der Waals surface area contributed by atoms with E-state index in [4.69, 9.17) is 4.74 Å². The van der Waals surface area contributed by atoms with Crippen LogP contribution in [0.3, 0.4) is 0 Å². The van der Waals surface area contributed by atoms with Crippen LogP contribution in [0.1, 0.15) is 5.56 Å². The second-order valence-electron chi connectivity index (χ2n) is 5.04. The number of nitrogens with one attached hydrogen (secondary N) is 1. The number of carbonyl (C=O) groups is 2. The molecule has 2 rings (SSSR count). The summed E-state index contributed by atoms with van der Waals surface area (Å²) in [6.07, 6.45) is 1.47. The molecule has 6 nitrogen and oxygen atoms in total. The monoisotopic (exact) mass is 414 g/mol. The SMILES string of the molecule is COC(=O)COc1ccc(C=C(C#N)C(=O)Nc2ccccc2)cc1Br. The molecule has 0 atom stereocenters. The topological polar surface area (TPSA) is 88.4 Å². The summed E-state index contributed by atoms with van der Waals surface area (Å²) in [5, 5.41) is 11.9. The van der Waals surface area contributed by atoms with E-state index in [-0.39, 0.29) is 12.2 Å². The van der Waals surface area contributed by atoms with Gasteiger partial charge in [0.2, 0.25) is 0 Å². The number of hydrogen-bond donors (Lipinski definition) is 1. The maximum atomic E-state index is 12.2. The Kier molecular flexibility index (Phi) is 6.94. The first-order valence-corrected chi connectivity index (χ1v) is 8.30. The largest absolute Gasteiger partial charge is 0.481 e. The molecular formula is C19H15BrN2O4. The van der Waals surface area contributed by atoms with Crippen LogP contribution in [-0.4, -0.2) is 25.6 Å². The Labute approximate surface area is 159 Å². The summed E-state index contributed by atoms with van der Waals surface area (Å²) in [4.78, 5) is 23.3. The smallest absolute Gasteiger partial charge is 0.343 e. The number of benzene rings is 2. The number of nitrogens with zero attached hydrogens (tertiary/aromatic N) is 1. The van der Waals surface area contributed by atoms with Crippen molar-refractivity contribution < 1.29 is 19.1 Å². The molecule has 1 amide bonds. The Balaban J connectivity index is 2.13. The van der Waals surface area contributed by atoms with E-state index < -0.39 is 11.9 Å². The Morgan fingerprint density at radius 2 is 1.96 bits per heavy atom. The Hall–Kier alpha value is -3.11. The van der Waals surface area contributed by atoms with Crippen molar-refractivity contribution in [1.29, 1.82) is 5.26 Å². The van der Waals surface area contributed by atoms with E-state index in [2.05, 4.69) is 26.0 Å². The van der Waals surface area contributed by atoms with Crippen LogP contribution in [0.2, 0.25) is 0 Å². The van der Waals surface area contributed by atoms with E-state index in [0.717, 1.165) is 0 Å². The van der Waals surface area contributed by atoms with Gasteiger partial charge < -0.3 is 14.8 Å². The molecule has 0 spiro atoms. The minimum absolute atomic E-state index is 0.0380. The fourth-order valence-corrected chi connectivity index (χ4v) is 2.47. The number of para-hydroxylation sites is 1. The first-order chi connectivity index (χ1) is 12.5. The molecule has 0 saturated heterocycles. The molecule has 0 heterocycles. The average Bonchev–Trinajstić information content (AvgIpc) is 2.65. The second-order valence-corrected chi connectivity index (χ2v) is 5.90. The number of amides is 1. The summed E-state index contributed by atoms with van der Waals surface area (Å²) in [6, 6.07) is 15.7. The lowest BCUT2D eigenvalue weighted by molar-refractivity contribution is -0.142. The number of carbonyl (C=O) groups excluding carboxylic acids is 2. The number of hydrogen-bond acceptors (Lipinski definition) is 5. The van der Waals surface area contributed by atoms with Crippen LogP contribution in [-0.2, 0) is 14.3 Å². The lowest BCUT2D eigenvalue weighted by atomic mass is 10.1. The van der Waals surface area contributed by atoms with Gasteiger partial charge in [-0.2, -0.15) is 5.26 Å². The Morgan fingerprint density at radius 3 is 2.58 bits per heavy atom. The maximum absolute atomic E-state index is 12.2. The van der Waals surface area contributed by atoms with E-state index in [0.29, 0.717) is 21.5 Å². The summed E-state index contributed by atoms with van der Waals surface area (Å²) >= 11 is 3.33. The molecule has 132 valence electrons. The predicted octanol–water partition coefficient (Wildman–Crippen LogP) is 3.55. The van der Waals surface area contributed by atoms with Gasteiger partial charge in [-0.3, -0.25) is 4.79 Å². The lowest BCUT2D eigenvalue weighted by Gasteiger charge is -2.08. The summed E-state index contributed by atoms with van der Waals surface area (Å²) < 4.78 is 10.4. The molecular weight excluding hydrogens is 400 g/mol. The third-order valence-corrected chi connectivity index (χ3v) is 3.86. The molecule has 0 aromatic heterocycles. The van der Waals surface area contributed by atoms with Crippen molar-refractivity contribution in [3.8, 4) is 11.8 Å². The molecule has 0 aliphatic rings. The van der Waals surface area contributed by atoms with Crippen molar-refractivity contribution in [2.24, 2.45) is 0 Å². The summed E-state index contributed by atoms with van der Waals surface area (Å²) in [5.41, 5.74) is 1.19. The van der Waals surface area contributed by atoms with Crippen molar-refractivity contribution in [2.75, 3.05) is 19.0 Å². The van der Waals surface area contributed by atoms with Crippen molar-refractivity contribution in [3.05, 3.63) is 64.1 Å². The third-order valence-electron chi connectivity index (χ3n) is 3.24. The highest BCUT2D eigenvalue weighted by molar-refractivity contribution is 9.10. The van der Waals surface area contributed by atoms with Gasteiger partial charge in [0.1, 0.15) is 17.4 Å². The van der Waals surface area contributed by atoms with Gasteiger partial charge in [-0.15, -0.1) is 0 Å². The molecule has 0 aliphatic heterocycles. The second kappa shape index (κ2) is 9.39. The highest BCUT2D eigenvalue weighted by Crippen LogP contribution is 2.27. The highest BCUT2D eigenvalue weighted by Gasteiger charge is 2.11. The van der Waals surface area contributed by atoms with Gasteiger partial charge in [-0.1, -0.05) is 24.3 Å². The van der Waals surface area contributed by atoms with Crippen molar-refractivity contribution >= 4 is 39.6 Å². The molecule has 26 heavy (non-hydrogen) atoms. The minimum Gasteiger partial charge on any atom is -0.481 e. The number of methoxy groups -OCH3 is 1. The van der Waals surface area contributed by atoms with Gasteiger partial charge in [0, 0.05) is 5.69 Å². The highest BCUT2D eigenvalue weighted by atomic mass is 79.9. The number of rotatable bonds is 6. The molecule has 0 fully saturated rings. The molecule has 7 heteroatoms. The third kappa shape index (κ3) is 5.46. The van der Waals surface area contributed by atoms with Crippen LogP contribution in [0.5, 0.6) is 5.75 Å². The fourth-order valence-electron chi connectivity index (χ4n) is 1.95. The number of halogens is 1. The van der Waals surface area contributed by atoms with E-state index in [1.165, 1.54) is 13.2 Å². The van der Waals surface area contributed by atoms with Crippen LogP contribution in [0.4, 0.5) is 5.69 Å². The van der Waals surface area contributed by atoms with Gasteiger partial charge in [0.15, 0.2) is 6.61 Å². The molecule has 0 saturated carbocycles. The molecule has 0 unspecified atom stereocenters. The van der Waals surface area contributed by atoms with Crippen molar-refractivity contribution in [3.63, 3.8) is 0 Å². The summed E-state index contributed by atoms with van der Waals surface area (Å²) in [7, 11) is 1.28. The average molecular weight is 415 g/mol. The van der Waals surface area contributed by atoms with E-state index in [1.54, 1.807) is 42.5 Å². The quantitative estimate of drug-likeness (QED) is 0.443. The number of anilines is 1. The van der Waals surface area contributed by atoms with Gasteiger partial charge in [0.05, 0.1) is 11.6 Å². The van der Waals surface area contributed by atoms with Gasteiger partial charge >= 0.3 is 5.97 Å². The zero-order chi connectivity index (χ0) is 18.9. The van der Waals surface area contributed by atoms with Crippen LogP contribution in [0.15, 0.2) is 58.6 Å². The van der Waals surface area contributed by atoms with Crippen LogP contribution in [0.25, 0.3) is 6.08 Å². The van der Waals surface area contributed by atoms with Gasteiger partial charge in [0.25, 0.3) is 5.91 Å². The Bertz CT molecular complexity index is 873. The molecule has 2 aromatic rings. The number of nitriles is 1. The van der Waals surface area contributed by atoms with Gasteiger partial charge in [-0.05, 0) is 51.8 Å². The van der Waals surface area contributed by atoms with E-state index in [1.807, 2.05) is 12.1 Å². The zero-order valence-electron chi connectivity index (χ0n) is 13.9. The Morgan fingerprint density at radius 1 is 1.23 bits per heavy atom. The van der Waals surface area contributed by atoms with Crippen molar-refractivity contribution in [1.82, 2.24) is 0 Å². The number of ether oxygens (including phenoxy) is 2. The lowest BCUT2D eigenvalue weighted by Crippen LogP contribution is -2.13. The number of esters is 1. The maximum Gasteiger partial charge on any atom is 0.343 e. The normalized spacial score (nSPS) is 10.6. The standard InChI is InChI=1S/C19H15BrN2O4/c1-25-18(23)12-26-17-8-7-13(10-16(17)20)9-14(11-21)19(24)22-15-5-3-2-4-6-15/h2-10H,12H2,1H3,(H,22,24). The summed E-state index contributed by atoms with van der Waals surface area (Å²) in [6.45, 7) is -0.215. The first kappa shape index (κ1) is 19.2. The van der Waals surface area contributed by atoms with E-state index in [9.17, 15) is 14.9 Å². The first-order valence-electron chi connectivity index (χ1n) is 7.51. The van der Waals surface area contributed by atoms with Crippen LogP contribution in [0, 0.1) is 11.3 Å². The van der Waals surface area contributed by atoms with E-state index >= 15 is 0 Å². The molecule has 2 aromatic carbocycles. The molecule has 0 aliphatic carbocycles. The molecule has 0 radical (unpaired) electrons.